The Kier molecular flexibility index (Phi) is 4.08. The summed E-state index contributed by atoms with van der Waals surface area (Å²) >= 11 is 3.44. The molecular formula is C17H17NOS2. The van der Waals surface area contributed by atoms with Gasteiger partial charge in [0.2, 0.25) is 0 Å². The second kappa shape index (κ2) is 6.00. The van der Waals surface area contributed by atoms with Crippen LogP contribution < -0.4 is 5.32 Å². The first-order valence-electron chi connectivity index (χ1n) is 6.95. The number of carbonyl (C=O) groups excluding carboxylic acids is 1. The second-order valence-corrected chi connectivity index (χ2v) is 7.46. The Labute approximate surface area is 132 Å². The number of carbonyl (C=O) groups is 1. The minimum absolute atomic E-state index is 0.0383. The van der Waals surface area contributed by atoms with Gasteiger partial charge in [-0.1, -0.05) is 18.2 Å². The Balaban J connectivity index is 1.64. The van der Waals surface area contributed by atoms with Crippen molar-refractivity contribution >= 4 is 38.7 Å². The maximum absolute atomic E-state index is 12.2. The molecule has 3 rings (SSSR count). The van der Waals surface area contributed by atoms with E-state index in [0.29, 0.717) is 6.54 Å². The van der Waals surface area contributed by atoms with Gasteiger partial charge in [-0.2, -0.15) is 0 Å². The number of rotatable bonds is 4. The topological polar surface area (TPSA) is 29.1 Å². The Morgan fingerprint density at radius 2 is 2.05 bits per heavy atom. The largest absolute Gasteiger partial charge is 0.352 e. The molecule has 4 heteroatoms. The average Bonchev–Trinajstić information content (AvgIpc) is 3.02. The number of fused-ring (bicyclic) bond motifs is 1. The van der Waals surface area contributed by atoms with Crippen LogP contribution in [0.15, 0.2) is 35.7 Å². The van der Waals surface area contributed by atoms with Gasteiger partial charge in [-0.3, -0.25) is 4.79 Å². The van der Waals surface area contributed by atoms with E-state index < -0.39 is 0 Å². The Bertz CT molecular complexity index is 785. The molecule has 1 amide bonds. The van der Waals surface area contributed by atoms with Gasteiger partial charge in [0.1, 0.15) is 0 Å². The highest BCUT2D eigenvalue weighted by Crippen LogP contribution is 2.25. The molecule has 2 aromatic heterocycles. The Morgan fingerprint density at radius 3 is 2.81 bits per heavy atom. The fourth-order valence-corrected chi connectivity index (χ4v) is 4.41. The lowest BCUT2D eigenvalue weighted by molar-refractivity contribution is 0.0954. The highest BCUT2D eigenvalue weighted by molar-refractivity contribution is 7.17. The van der Waals surface area contributed by atoms with Crippen LogP contribution in [0.4, 0.5) is 0 Å². The molecule has 0 radical (unpaired) electrons. The molecule has 0 bridgehead atoms. The van der Waals surface area contributed by atoms with E-state index in [1.807, 2.05) is 19.9 Å². The van der Waals surface area contributed by atoms with E-state index >= 15 is 0 Å². The molecule has 0 atom stereocenters. The molecular weight excluding hydrogens is 298 g/mol. The van der Waals surface area contributed by atoms with Crippen molar-refractivity contribution in [2.45, 2.75) is 20.3 Å². The van der Waals surface area contributed by atoms with E-state index in [9.17, 15) is 4.79 Å². The maximum Gasteiger partial charge on any atom is 0.252 e. The average molecular weight is 315 g/mol. The number of hydrogen-bond acceptors (Lipinski definition) is 3. The SMILES string of the molecule is Cc1cc(C(=O)NCCc2csc3ccccc23)c(C)s1. The van der Waals surface area contributed by atoms with Crippen molar-refractivity contribution in [1.29, 1.82) is 0 Å². The van der Waals surface area contributed by atoms with E-state index in [2.05, 4.69) is 35.0 Å². The molecule has 0 saturated carbocycles. The highest BCUT2D eigenvalue weighted by Gasteiger charge is 2.11. The number of nitrogens with one attached hydrogen (secondary N) is 1. The lowest BCUT2D eigenvalue weighted by Crippen LogP contribution is -2.25. The van der Waals surface area contributed by atoms with E-state index in [1.165, 1.54) is 20.5 Å². The third-order valence-corrected chi connectivity index (χ3v) is 5.50. The Morgan fingerprint density at radius 1 is 1.24 bits per heavy atom. The van der Waals surface area contributed by atoms with Crippen LogP contribution in [-0.4, -0.2) is 12.5 Å². The van der Waals surface area contributed by atoms with Crippen LogP contribution in [0.3, 0.4) is 0 Å². The smallest absolute Gasteiger partial charge is 0.252 e. The summed E-state index contributed by atoms with van der Waals surface area (Å²) < 4.78 is 1.31. The molecule has 0 aliphatic heterocycles. The molecule has 2 heterocycles. The molecule has 0 fully saturated rings. The lowest BCUT2D eigenvalue weighted by atomic mass is 10.1. The van der Waals surface area contributed by atoms with Crippen molar-refractivity contribution in [1.82, 2.24) is 5.32 Å². The summed E-state index contributed by atoms with van der Waals surface area (Å²) in [6.07, 6.45) is 0.873. The van der Waals surface area contributed by atoms with Gasteiger partial charge in [0.05, 0.1) is 5.56 Å². The van der Waals surface area contributed by atoms with Gasteiger partial charge in [0.25, 0.3) is 5.91 Å². The fraction of sp³-hybridized carbons (Fsp3) is 0.235. The summed E-state index contributed by atoms with van der Waals surface area (Å²) in [6.45, 7) is 4.71. The summed E-state index contributed by atoms with van der Waals surface area (Å²) in [5, 5.41) is 6.52. The first-order chi connectivity index (χ1) is 10.1. The van der Waals surface area contributed by atoms with Crippen molar-refractivity contribution in [2.75, 3.05) is 6.54 Å². The standard InChI is InChI=1S/C17H17NOS2/c1-11-9-15(12(2)21-11)17(19)18-8-7-13-10-20-16-6-4-3-5-14(13)16/h3-6,9-10H,7-8H2,1-2H3,(H,18,19). The summed E-state index contributed by atoms with van der Waals surface area (Å²) in [5.41, 5.74) is 2.13. The van der Waals surface area contributed by atoms with Gasteiger partial charge in [-0.25, -0.2) is 0 Å². The molecule has 3 aromatic rings. The first-order valence-corrected chi connectivity index (χ1v) is 8.65. The molecule has 0 aliphatic rings. The predicted octanol–water partition coefficient (Wildman–Crippen LogP) is 4.55. The molecule has 0 unspecified atom stereocenters. The van der Waals surface area contributed by atoms with Gasteiger partial charge in [-0.15, -0.1) is 22.7 Å². The highest BCUT2D eigenvalue weighted by atomic mass is 32.1. The van der Waals surface area contributed by atoms with Crippen molar-refractivity contribution < 1.29 is 4.79 Å². The van der Waals surface area contributed by atoms with Crippen LogP contribution in [0.5, 0.6) is 0 Å². The maximum atomic E-state index is 12.2. The van der Waals surface area contributed by atoms with Crippen LogP contribution >= 0.6 is 22.7 Å². The number of thiophene rings is 2. The zero-order valence-electron chi connectivity index (χ0n) is 12.1. The fourth-order valence-electron chi connectivity index (χ4n) is 2.49. The van der Waals surface area contributed by atoms with Crippen LogP contribution in [0.25, 0.3) is 10.1 Å². The predicted molar refractivity (Wildman–Crippen MR) is 91.7 cm³/mol. The van der Waals surface area contributed by atoms with Gasteiger partial charge >= 0.3 is 0 Å². The summed E-state index contributed by atoms with van der Waals surface area (Å²) in [6, 6.07) is 10.4. The van der Waals surface area contributed by atoms with Gasteiger partial charge in [-0.05, 0) is 48.7 Å². The summed E-state index contributed by atoms with van der Waals surface area (Å²) in [7, 11) is 0. The van der Waals surface area contributed by atoms with Crippen molar-refractivity contribution in [2.24, 2.45) is 0 Å². The second-order valence-electron chi connectivity index (χ2n) is 5.09. The third kappa shape index (κ3) is 3.01. The van der Waals surface area contributed by atoms with Gasteiger partial charge in [0, 0.05) is 21.0 Å². The van der Waals surface area contributed by atoms with Crippen LogP contribution in [0, 0.1) is 13.8 Å². The van der Waals surface area contributed by atoms with Crippen LogP contribution in [0.1, 0.15) is 25.7 Å². The van der Waals surface area contributed by atoms with Crippen molar-refractivity contribution in [3.05, 3.63) is 56.6 Å². The van der Waals surface area contributed by atoms with Crippen molar-refractivity contribution in [3.63, 3.8) is 0 Å². The molecule has 0 spiro atoms. The zero-order valence-corrected chi connectivity index (χ0v) is 13.7. The van der Waals surface area contributed by atoms with Crippen LogP contribution in [0.2, 0.25) is 0 Å². The molecule has 0 saturated heterocycles. The number of benzene rings is 1. The molecule has 0 aliphatic carbocycles. The summed E-state index contributed by atoms with van der Waals surface area (Å²) in [4.78, 5) is 14.4. The molecule has 21 heavy (non-hydrogen) atoms. The Hall–Kier alpha value is -1.65. The van der Waals surface area contributed by atoms with Gasteiger partial charge < -0.3 is 5.32 Å². The van der Waals surface area contributed by atoms with E-state index in [-0.39, 0.29) is 5.91 Å². The molecule has 1 aromatic carbocycles. The molecule has 1 N–H and O–H groups in total. The van der Waals surface area contributed by atoms with E-state index in [0.717, 1.165) is 16.9 Å². The van der Waals surface area contributed by atoms with Crippen LogP contribution in [-0.2, 0) is 6.42 Å². The summed E-state index contributed by atoms with van der Waals surface area (Å²) in [5.74, 6) is 0.0383. The third-order valence-electron chi connectivity index (χ3n) is 3.53. The number of amides is 1. The molecule has 2 nitrogen and oxygen atoms in total. The minimum Gasteiger partial charge on any atom is -0.352 e. The zero-order chi connectivity index (χ0) is 14.8. The monoisotopic (exact) mass is 315 g/mol. The number of hydrogen-bond donors (Lipinski definition) is 1. The van der Waals surface area contributed by atoms with E-state index in [4.69, 9.17) is 0 Å². The lowest BCUT2D eigenvalue weighted by Gasteiger charge is -2.04. The molecule has 108 valence electrons. The number of aryl methyl sites for hydroxylation is 2. The normalized spacial score (nSPS) is 11.0. The quantitative estimate of drug-likeness (QED) is 0.752. The van der Waals surface area contributed by atoms with E-state index in [1.54, 1.807) is 22.7 Å². The van der Waals surface area contributed by atoms with Gasteiger partial charge in [0.15, 0.2) is 0 Å². The first kappa shape index (κ1) is 14.3. The minimum atomic E-state index is 0.0383. The van der Waals surface area contributed by atoms with Crippen molar-refractivity contribution in [3.8, 4) is 0 Å².